The highest BCUT2D eigenvalue weighted by Gasteiger charge is 2.17. The molecule has 0 saturated carbocycles. The van der Waals surface area contributed by atoms with Gasteiger partial charge in [0.1, 0.15) is 0 Å². The lowest BCUT2D eigenvalue weighted by atomic mass is 10.0. The summed E-state index contributed by atoms with van der Waals surface area (Å²) in [6.45, 7) is 8.30. The minimum atomic E-state index is 0.0621. The van der Waals surface area contributed by atoms with Crippen LogP contribution in [-0.4, -0.2) is 50.1 Å². The Morgan fingerprint density at radius 1 is 1.37 bits per heavy atom. The maximum atomic E-state index is 11.7. The van der Waals surface area contributed by atoms with Gasteiger partial charge >= 0.3 is 0 Å². The van der Waals surface area contributed by atoms with Gasteiger partial charge in [-0.3, -0.25) is 4.79 Å². The highest BCUT2D eigenvalue weighted by atomic mass is 16.1. The van der Waals surface area contributed by atoms with Crippen LogP contribution in [0.4, 0.5) is 0 Å². The van der Waals surface area contributed by atoms with Crippen LogP contribution < -0.4 is 10.6 Å². The molecule has 0 aromatic rings. The summed E-state index contributed by atoms with van der Waals surface area (Å²) in [5, 5.41) is 6.05. The Balaban J connectivity index is 2.03. The number of piperidine rings is 1. The third-order valence-electron chi connectivity index (χ3n) is 4.07. The van der Waals surface area contributed by atoms with Crippen molar-refractivity contribution in [3.63, 3.8) is 0 Å². The van der Waals surface area contributed by atoms with Crippen molar-refractivity contribution in [1.82, 2.24) is 15.5 Å². The summed E-state index contributed by atoms with van der Waals surface area (Å²) in [7, 11) is 1.88. The van der Waals surface area contributed by atoms with Crippen molar-refractivity contribution in [3.05, 3.63) is 0 Å². The van der Waals surface area contributed by atoms with Gasteiger partial charge < -0.3 is 15.5 Å². The van der Waals surface area contributed by atoms with Crippen LogP contribution in [0.3, 0.4) is 0 Å². The van der Waals surface area contributed by atoms with Gasteiger partial charge in [0, 0.05) is 25.0 Å². The molecule has 1 aliphatic rings. The standard InChI is InChI=1S/C15H31N3O/c1-13(12-16-3)15(19)17-9-5-7-11-18-10-6-4-8-14(18)2/h13-14,16H,4-12H2,1-3H3,(H,17,19). The highest BCUT2D eigenvalue weighted by molar-refractivity contribution is 5.78. The zero-order valence-corrected chi connectivity index (χ0v) is 12.9. The number of hydrogen-bond donors (Lipinski definition) is 2. The van der Waals surface area contributed by atoms with Crippen LogP contribution in [0.2, 0.25) is 0 Å². The van der Waals surface area contributed by atoms with E-state index >= 15 is 0 Å². The lowest BCUT2D eigenvalue weighted by Crippen LogP contribution is -2.38. The first-order valence-electron chi connectivity index (χ1n) is 7.81. The summed E-state index contributed by atoms with van der Waals surface area (Å²) in [6, 6.07) is 0.749. The number of amides is 1. The van der Waals surface area contributed by atoms with E-state index in [-0.39, 0.29) is 11.8 Å². The summed E-state index contributed by atoms with van der Waals surface area (Å²) in [5.74, 6) is 0.229. The van der Waals surface area contributed by atoms with Gasteiger partial charge in [-0.25, -0.2) is 0 Å². The van der Waals surface area contributed by atoms with Gasteiger partial charge in [0.2, 0.25) is 5.91 Å². The van der Waals surface area contributed by atoms with E-state index in [1.54, 1.807) is 0 Å². The minimum Gasteiger partial charge on any atom is -0.356 e. The average Bonchev–Trinajstić information content (AvgIpc) is 2.40. The fourth-order valence-electron chi connectivity index (χ4n) is 2.71. The molecule has 1 aliphatic heterocycles. The van der Waals surface area contributed by atoms with Crippen molar-refractivity contribution in [2.75, 3.05) is 33.2 Å². The van der Waals surface area contributed by atoms with E-state index in [9.17, 15) is 4.79 Å². The summed E-state index contributed by atoms with van der Waals surface area (Å²) >= 11 is 0. The smallest absolute Gasteiger partial charge is 0.224 e. The molecule has 112 valence electrons. The first-order chi connectivity index (χ1) is 9.15. The van der Waals surface area contributed by atoms with Crippen molar-refractivity contribution in [1.29, 1.82) is 0 Å². The van der Waals surface area contributed by atoms with Crippen LogP contribution in [-0.2, 0) is 4.79 Å². The molecule has 4 nitrogen and oxygen atoms in total. The van der Waals surface area contributed by atoms with Crippen LogP contribution in [0, 0.1) is 5.92 Å². The molecule has 0 radical (unpaired) electrons. The largest absolute Gasteiger partial charge is 0.356 e. The Morgan fingerprint density at radius 2 is 2.16 bits per heavy atom. The predicted octanol–water partition coefficient (Wildman–Crippen LogP) is 1.61. The lowest BCUT2D eigenvalue weighted by Gasteiger charge is -2.33. The lowest BCUT2D eigenvalue weighted by molar-refractivity contribution is -0.124. The highest BCUT2D eigenvalue weighted by Crippen LogP contribution is 2.16. The molecule has 1 heterocycles. The summed E-state index contributed by atoms with van der Waals surface area (Å²) in [6.07, 6.45) is 6.35. The molecular weight excluding hydrogens is 238 g/mol. The zero-order chi connectivity index (χ0) is 14.1. The number of carbonyl (C=O) groups is 1. The third-order valence-corrected chi connectivity index (χ3v) is 4.07. The number of likely N-dealkylation sites (tertiary alicyclic amines) is 1. The molecule has 0 spiro atoms. The summed E-state index contributed by atoms with van der Waals surface area (Å²) in [4.78, 5) is 14.3. The Hall–Kier alpha value is -0.610. The molecular formula is C15H31N3O. The Bertz CT molecular complexity index is 258. The second-order valence-electron chi connectivity index (χ2n) is 5.84. The van der Waals surface area contributed by atoms with Crippen molar-refractivity contribution in [2.24, 2.45) is 5.92 Å². The maximum absolute atomic E-state index is 11.7. The van der Waals surface area contributed by atoms with Gasteiger partial charge in [-0.05, 0) is 52.7 Å². The predicted molar refractivity (Wildman–Crippen MR) is 80.2 cm³/mol. The van der Waals surface area contributed by atoms with E-state index in [2.05, 4.69) is 22.5 Å². The maximum Gasteiger partial charge on any atom is 0.224 e. The summed E-state index contributed by atoms with van der Waals surface area (Å²) < 4.78 is 0. The van der Waals surface area contributed by atoms with Gasteiger partial charge in [-0.1, -0.05) is 13.3 Å². The molecule has 0 aromatic heterocycles. The number of carbonyl (C=O) groups excluding carboxylic acids is 1. The van der Waals surface area contributed by atoms with E-state index in [1.807, 2.05) is 14.0 Å². The molecule has 1 rings (SSSR count). The van der Waals surface area contributed by atoms with Crippen LogP contribution in [0.5, 0.6) is 0 Å². The van der Waals surface area contributed by atoms with Crippen molar-refractivity contribution in [3.8, 4) is 0 Å². The molecule has 2 unspecified atom stereocenters. The number of hydrogen-bond acceptors (Lipinski definition) is 3. The van der Waals surface area contributed by atoms with Crippen LogP contribution in [0.25, 0.3) is 0 Å². The average molecular weight is 269 g/mol. The second-order valence-corrected chi connectivity index (χ2v) is 5.84. The fraction of sp³-hybridized carbons (Fsp3) is 0.933. The SMILES string of the molecule is CNCC(C)C(=O)NCCCCN1CCCCC1C. The Morgan fingerprint density at radius 3 is 2.84 bits per heavy atom. The normalized spacial score (nSPS) is 22.2. The van der Waals surface area contributed by atoms with Crippen LogP contribution in [0.15, 0.2) is 0 Å². The molecule has 1 amide bonds. The molecule has 1 fully saturated rings. The Labute approximate surface area is 118 Å². The molecule has 19 heavy (non-hydrogen) atoms. The fourth-order valence-corrected chi connectivity index (χ4v) is 2.71. The number of unbranched alkanes of at least 4 members (excludes halogenated alkanes) is 1. The zero-order valence-electron chi connectivity index (χ0n) is 12.9. The van der Waals surface area contributed by atoms with E-state index < -0.39 is 0 Å². The minimum absolute atomic E-state index is 0.0621. The van der Waals surface area contributed by atoms with Crippen molar-refractivity contribution in [2.45, 2.75) is 52.0 Å². The van der Waals surface area contributed by atoms with Crippen molar-refractivity contribution >= 4 is 5.91 Å². The van der Waals surface area contributed by atoms with E-state index in [4.69, 9.17) is 0 Å². The van der Waals surface area contributed by atoms with Gasteiger partial charge in [0.05, 0.1) is 0 Å². The van der Waals surface area contributed by atoms with E-state index in [1.165, 1.54) is 38.8 Å². The first kappa shape index (κ1) is 16.4. The molecule has 1 saturated heterocycles. The van der Waals surface area contributed by atoms with Gasteiger partial charge in [-0.2, -0.15) is 0 Å². The van der Waals surface area contributed by atoms with Gasteiger partial charge in [-0.15, -0.1) is 0 Å². The monoisotopic (exact) mass is 269 g/mol. The molecule has 0 aromatic carbocycles. The number of rotatable bonds is 8. The number of nitrogens with zero attached hydrogens (tertiary/aromatic N) is 1. The number of nitrogens with one attached hydrogen (secondary N) is 2. The van der Waals surface area contributed by atoms with Gasteiger partial charge in [0.15, 0.2) is 0 Å². The third kappa shape index (κ3) is 6.39. The molecule has 2 atom stereocenters. The second kappa shape index (κ2) is 9.32. The first-order valence-corrected chi connectivity index (χ1v) is 7.81. The molecule has 2 N–H and O–H groups in total. The quantitative estimate of drug-likeness (QED) is 0.658. The van der Waals surface area contributed by atoms with Crippen LogP contribution in [0.1, 0.15) is 46.0 Å². The molecule has 0 bridgehead atoms. The van der Waals surface area contributed by atoms with Gasteiger partial charge in [0.25, 0.3) is 0 Å². The topological polar surface area (TPSA) is 44.4 Å². The molecule has 4 heteroatoms. The van der Waals surface area contributed by atoms with Crippen molar-refractivity contribution < 1.29 is 4.79 Å². The Kier molecular flexibility index (Phi) is 8.07. The van der Waals surface area contributed by atoms with Crippen LogP contribution >= 0.6 is 0 Å². The van der Waals surface area contributed by atoms with E-state index in [0.29, 0.717) is 0 Å². The molecule has 0 aliphatic carbocycles. The van der Waals surface area contributed by atoms with E-state index in [0.717, 1.165) is 25.6 Å². The summed E-state index contributed by atoms with van der Waals surface area (Å²) in [5.41, 5.74) is 0.